The summed E-state index contributed by atoms with van der Waals surface area (Å²) in [4.78, 5) is 0. The lowest BCUT2D eigenvalue weighted by molar-refractivity contribution is 0.477. The Morgan fingerprint density at radius 3 is 2.50 bits per heavy atom. The standard InChI is InChI=1S/C15H18N2O/c1-11-6-5-7-13(10-11)16-12(2)17-14-8-3-4-9-15(14)18/h3-10,12,16-18H,1-2H3. The van der Waals surface area contributed by atoms with E-state index in [4.69, 9.17) is 0 Å². The maximum Gasteiger partial charge on any atom is 0.138 e. The van der Waals surface area contributed by atoms with Crippen molar-refractivity contribution in [2.24, 2.45) is 0 Å². The van der Waals surface area contributed by atoms with Crippen LogP contribution in [-0.4, -0.2) is 11.3 Å². The van der Waals surface area contributed by atoms with Gasteiger partial charge in [-0.1, -0.05) is 24.3 Å². The first-order chi connectivity index (χ1) is 8.65. The van der Waals surface area contributed by atoms with Crippen molar-refractivity contribution in [3.8, 4) is 5.75 Å². The van der Waals surface area contributed by atoms with Gasteiger partial charge in [0.05, 0.1) is 11.9 Å². The molecule has 0 spiro atoms. The lowest BCUT2D eigenvalue weighted by Crippen LogP contribution is -2.24. The number of anilines is 2. The summed E-state index contributed by atoms with van der Waals surface area (Å²) >= 11 is 0. The third kappa shape index (κ3) is 3.17. The first-order valence-electron chi connectivity index (χ1n) is 6.03. The number of aryl methyl sites for hydroxylation is 1. The molecule has 0 aliphatic heterocycles. The molecular weight excluding hydrogens is 224 g/mol. The predicted molar refractivity (Wildman–Crippen MR) is 76.0 cm³/mol. The highest BCUT2D eigenvalue weighted by Crippen LogP contribution is 2.22. The Morgan fingerprint density at radius 2 is 1.78 bits per heavy atom. The summed E-state index contributed by atoms with van der Waals surface area (Å²) in [7, 11) is 0. The zero-order chi connectivity index (χ0) is 13.0. The summed E-state index contributed by atoms with van der Waals surface area (Å²) in [5.74, 6) is 0.260. The van der Waals surface area contributed by atoms with Gasteiger partial charge >= 0.3 is 0 Å². The maximum atomic E-state index is 9.68. The molecule has 3 heteroatoms. The summed E-state index contributed by atoms with van der Waals surface area (Å²) in [5.41, 5.74) is 3.00. The maximum absolute atomic E-state index is 9.68. The van der Waals surface area contributed by atoms with Gasteiger partial charge in [-0.3, -0.25) is 0 Å². The van der Waals surface area contributed by atoms with Crippen molar-refractivity contribution < 1.29 is 5.11 Å². The van der Waals surface area contributed by atoms with E-state index >= 15 is 0 Å². The van der Waals surface area contributed by atoms with Crippen molar-refractivity contribution in [1.82, 2.24) is 0 Å². The summed E-state index contributed by atoms with van der Waals surface area (Å²) in [6.45, 7) is 4.07. The van der Waals surface area contributed by atoms with Gasteiger partial charge in [0.1, 0.15) is 5.75 Å². The molecule has 2 rings (SSSR count). The molecule has 0 saturated carbocycles. The van der Waals surface area contributed by atoms with Gasteiger partial charge in [-0.05, 0) is 43.7 Å². The molecule has 0 aliphatic rings. The Hall–Kier alpha value is -2.16. The van der Waals surface area contributed by atoms with E-state index in [0.29, 0.717) is 0 Å². The molecule has 2 aromatic rings. The Labute approximate surface area is 107 Å². The second-order valence-corrected chi connectivity index (χ2v) is 4.40. The average Bonchev–Trinajstić information content (AvgIpc) is 2.32. The van der Waals surface area contributed by atoms with Gasteiger partial charge in [0.15, 0.2) is 0 Å². The second kappa shape index (κ2) is 5.45. The van der Waals surface area contributed by atoms with Crippen LogP contribution in [0.2, 0.25) is 0 Å². The van der Waals surface area contributed by atoms with Crippen LogP contribution in [0.4, 0.5) is 11.4 Å². The number of hydrogen-bond donors (Lipinski definition) is 3. The zero-order valence-corrected chi connectivity index (χ0v) is 10.6. The fraction of sp³-hybridized carbons (Fsp3) is 0.200. The van der Waals surface area contributed by atoms with Crippen LogP contribution in [0.5, 0.6) is 5.75 Å². The highest BCUT2D eigenvalue weighted by molar-refractivity contribution is 5.57. The third-order valence-electron chi connectivity index (χ3n) is 2.68. The Morgan fingerprint density at radius 1 is 1.00 bits per heavy atom. The Bertz CT molecular complexity index is 525. The van der Waals surface area contributed by atoms with Crippen LogP contribution < -0.4 is 10.6 Å². The topological polar surface area (TPSA) is 44.3 Å². The number of aromatic hydroxyl groups is 1. The minimum absolute atomic E-state index is 0.0279. The quantitative estimate of drug-likeness (QED) is 0.567. The van der Waals surface area contributed by atoms with Crippen LogP contribution in [0.3, 0.4) is 0 Å². The monoisotopic (exact) mass is 242 g/mol. The van der Waals surface area contributed by atoms with Gasteiger partial charge in [-0.25, -0.2) is 0 Å². The molecule has 3 nitrogen and oxygen atoms in total. The van der Waals surface area contributed by atoms with Crippen molar-refractivity contribution in [3.05, 3.63) is 54.1 Å². The highest BCUT2D eigenvalue weighted by atomic mass is 16.3. The van der Waals surface area contributed by atoms with Crippen molar-refractivity contribution >= 4 is 11.4 Å². The van der Waals surface area contributed by atoms with Crippen molar-refractivity contribution in [3.63, 3.8) is 0 Å². The van der Waals surface area contributed by atoms with E-state index < -0.39 is 0 Å². The summed E-state index contributed by atoms with van der Waals surface area (Å²) in [5, 5.41) is 16.2. The number of para-hydroxylation sites is 2. The van der Waals surface area contributed by atoms with E-state index in [9.17, 15) is 5.11 Å². The van der Waals surface area contributed by atoms with Gasteiger partial charge in [-0.2, -0.15) is 0 Å². The van der Waals surface area contributed by atoms with Crippen molar-refractivity contribution in [2.45, 2.75) is 20.0 Å². The molecular formula is C15H18N2O. The van der Waals surface area contributed by atoms with E-state index in [-0.39, 0.29) is 11.9 Å². The molecule has 3 N–H and O–H groups in total. The van der Waals surface area contributed by atoms with Gasteiger partial charge in [0.2, 0.25) is 0 Å². The highest BCUT2D eigenvalue weighted by Gasteiger charge is 2.04. The van der Waals surface area contributed by atoms with E-state index in [1.165, 1.54) is 5.56 Å². The predicted octanol–water partition coefficient (Wildman–Crippen LogP) is 3.57. The summed E-state index contributed by atoms with van der Waals surface area (Å²) in [6.07, 6.45) is 0.0279. The summed E-state index contributed by atoms with van der Waals surface area (Å²) < 4.78 is 0. The number of phenolic OH excluding ortho intramolecular Hbond substituents is 1. The van der Waals surface area contributed by atoms with Crippen LogP contribution >= 0.6 is 0 Å². The lowest BCUT2D eigenvalue weighted by atomic mass is 10.2. The third-order valence-corrected chi connectivity index (χ3v) is 2.68. The number of benzene rings is 2. The largest absolute Gasteiger partial charge is 0.506 e. The minimum atomic E-state index is 0.0279. The fourth-order valence-corrected chi connectivity index (χ4v) is 1.85. The Kier molecular flexibility index (Phi) is 3.72. The molecule has 1 unspecified atom stereocenters. The number of rotatable bonds is 4. The van der Waals surface area contributed by atoms with E-state index in [1.807, 2.05) is 31.2 Å². The molecule has 0 saturated heterocycles. The Balaban J connectivity index is 2.01. The van der Waals surface area contributed by atoms with Crippen molar-refractivity contribution in [2.75, 3.05) is 10.6 Å². The number of nitrogens with one attached hydrogen (secondary N) is 2. The van der Waals surface area contributed by atoms with Crippen LogP contribution in [0, 0.1) is 6.92 Å². The van der Waals surface area contributed by atoms with Crippen LogP contribution in [0.25, 0.3) is 0 Å². The smallest absolute Gasteiger partial charge is 0.138 e. The molecule has 2 aromatic carbocycles. The SMILES string of the molecule is Cc1cccc(NC(C)Nc2ccccc2O)c1. The average molecular weight is 242 g/mol. The van der Waals surface area contributed by atoms with Crippen LogP contribution in [0.1, 0.15) is 12.5 Å². The number of phenols is 1. The van der Waals surface area contributed by atoms with Gasteiger partial charge in [-0.15, -0.1) is 0 Å². The molecule has 1 atom stereocenters. The van der Waals surface area contributed by atoms with Gasteiger partial charge < -0.3 is 15.7 Å². The zero-order valence-electron chi connectivity index (χ0n) is 10.6. The molecule has 0 radical (unpaired) electrons. The number of hydrogen-bond acceptors (Lipinski definition) is 3. The molecule has 0 fully saturated rings. The second-order valence-electron chi connectivity index (χ2n) is 4.40. The van der Waals surface area contributed by atoms with Gasteiger partial charge in [0, 0.05) is 5.69 Å². The fourth-order valence-electron chi connectivity index (χ4n) is 1.85. The molecule has 0 aliphatic carbocycles. The normalized spacial score (nSPS) is 11.9. The molecule has 0 bridgehead atoms. The molecule has 94 valence electrons. The van der Waals surface area contributed by atoms with Gasteiger partial charge in [0.25, 0.3) is 0 Å². The molecule has 0 heterocycles. The minimum Gasteiger partial charge on any atom is -0.506 e. The molecule has 0 amide bonds. The van der Waals surface area contributed by atoms with E-state index in [2.05, 4.69) is 29.7 Å². The first kappa shape index (κ1) is 12.3. The summed E-state index contributed by atoms with van der Waals surface area (Å²) in [6, 6.07) is 15.4. The van der Waals surface area contributed by atoms with Crippen LogP contribution in [-0.2, 0) is 0 Å². The van der Waals surface area contributed by atoms with E-state index in [0.717, 1.165) is 11.4 Å². The van der Waals surface area contributed by atoms with Crippen molar-refractivity contribution in [1.29, 1.82) is 0 Å². The first-order valence-corrected chi connectivity index (χ1v) is 6.03. The molecule has 18 heavy (non-hydrogen) atoms. The lowest BCUT2D eigenvalue weighted by Gasteiger charge is -2.19. The van der Waals surface area contributed by atoms with E-state index in [1.54, 1.807) is 12.1 Å². The van der Waals surface area contributed by atoms with Crippen LogP contribution in [0.15, 0.2) is 48.5 Å². The molecule has 0 aromatic heterocycles.